The number of anilines is 1. The van der Waals surface area contributed by atoms with Gasteiger partial charge in [0.15, 0.2) is 0 Å². The van der Waals surface area contributed by atoms with Crippen LogP contribution in [-0.2, 0) is 20.8 Å². The Bertz CT molecular complexity index is 530. The Morgan fingerprint density at radius 2 is 2.48 bits per heavy atom. The van der Waals surface area contributed by atoms with Crippen molar-refractivity contribution in [2.45, 2.75) is 32.0 Å². The summed E-state index contributed by atoms with van der Waals surface area (Å²) in [4.78, 5) is 12.2. The minimum atomic E-state index is -0.0683. The second kappa shape index (κ2) is 5.65. The fourth-order valence-electron chi connectivity index (χ4n) is 3.49. The van der Waals surface area contributed by atoms with Gasteiger partial charge in [-0.2, -0.15) is 5.10 Å². The molecular weight excluding hydrogens is 272 g/mol. The number of aryl methyl sites for hydroxylation is 1. The molecule has 7 heteroatoms. The van der Waals surface area contributed by atoms with Crippen LogP contribution in [0.4, 0.5) is 5.82 Å². The number of nitrogens with zero attached hydrogens (tertiary/aromatic N) is 2. The highest BCUT2D eigenvalue weighted by atomic mass is 16.5. The fourth-order valence-corrected chi connectivity index (χ4v) is 3.49. The highest BCUT2D eigenvalue weighted by Crippen LogP contribution is 2.43. The minimum Gasteiger partial charge on any atom is -0.384 e. The van der Waals surface area contributed by atoms with Gasteiger partial charge in [0.25, 0.3) is 0 Å². The van der Waals surface area contributed by atoms with Crippen LogP contribution in [0.25, 0.3) is 0 Å². The maximum absolute atomic E-state index is 12.2. The number of carbonyl (C=O) groups is 1. The highest BCUT2D eigenvalue weighted by molar-refractivity contribution is 5.76. The molecule has 7 nitrogen and oxygen atoms in total. The average Bonchev–Trinajstić information content (AvgIpc) is 2.98. The van der Waals surface area contributed by atoms with Crippen molar-refractivity contribution in [1.29, 1.82) is 0 Å². The summed E-state index contributed by atoms with van der Waals surface area (Å²) >= 11 is 0. The summed E-state index contributed by atoms with van der Waals surface area (Å²) in [5, 5.41) is 7.30. The number of aromatic nitrogens is 2. The maximum Gasteiger partial charge on any atom is 0.242 e. The number of ether oxygens (including phenoxy) is 2. The van der Waals surface area contributed by atoms with E-state index in [4.69, 9.17) is 15.2 Å². The first-order valence-corrected chi connectivity index (χ1v) is 7.30. The smallest absolute Gasteiger partial charge is 0.242 e. The standard InChI is InChI=1S/C14H22N4O3/c1-8-5-11(15)18(17-8)6-12(19)16-13-9-3-4-21-14(9)10(13)7-20-2/h5,9-10,13-14H,3-4,6-7,15H2,1-2H3,(H,16,19)/t9-,10+,13+,14-/m0/s1. The SMILES string of the molecule is COC[C@@H]1[C@H](NC(=O)Cn2nc(C)cc2N)[C@@H]2CCO[C@H]12. The number of nitrogen functional groups attached to an aromatic ring is 1. The molecule has 1 saturated heterocycles. The lowest BCUT2D eigenvalue weighted by atomic mass is 9.67. The van der Waals surface area contributed by atoms with Crippen LogP contribution in [0.15, 0.2) is 6.07 Å². The Hall–Kier alpha value is -1.60. The predicted molar refractivity (Wildman–Crippen MR) is 76.5 cm³/mol. The van der Waals surface area contributed by atoms with E-state index < -0.39 is 0 Å². The van der Waals surface area contributed by atoms with Crippen LogP contribution in [0.1, 0.15) is 12.1 Å². The van der Waals surface area contributed by atoms with Gasteiger partial charge in [-0.05, 0) is 13.3 Å². The summed E-state index contributed by atoms with van der Waals surface area (Å²) in [5.74, 6) is 1.09. The van der Waals surface area contributed by atoms with Crippen molar-refractivity contribution in [1.82, 2.24) is 15.1 Å². The fraction of sp³-hybridized carbons (Fsp3) is 0.714. The van der Waals surface area contributed by atoms with Crippen molar-refractivity contribution in [3.63, 3.8) is 0 Å². The van der Waals surface area contributed by atoms with E-state index in [2.05, 4.69) is 10.4 Å². The Morgan fingerprint density at radius 1 is 1.67 bits per heavy atom. The van der Waals surface area contributed by atoms with Crippen molar-refractivity contribution in [3.05, 3.63) is 11.8 Å². The van der Waals surface area contributed by atoms with Crippen molar-refractivity contribution in [2.24, 2.45) is 11.8 Å². The molecule has 4 atom stereocenters. The lowest BCUT2D eigenvalue weighted by Gasteiger charge is -2.47. The second-order valence-corrected chi connectivity index (χ2v) is 5.87. The summed E-state index contributed by atoms with van der Waals surface area (Å²) in [6.45, 7) is 3.38. The molecule has 0 spiro atoms. The Morgan fingerprint density at radius 3 is 3.14 bits per heavy atom. The zero-order valence-electron chi connectivity index (χ0n) is 12.4. The molecule has 1 aromatic heterocycles. The number of hydrogen-bond donors (Lipinski definition) is 2. The van der Waals surface area contributed by atoms with E-state index >= 15 is 0 Å². The van der Waals surface area contributed by atoms with E-state index in [1.54, 1.807) is 13.2 Å². The largest absolute Gasteiger partial charge is 0.384 e. The number of fused-ring (bicyclic) bond motifs is 1. The van der Waals surface area contributed by atoms with Crippen LogP contribution in [0.2, 0.25) is 0 Å². The van der Waals surface area contributed by atoms with Gasteiger partial charge in [-0.15, -0.1) is 0 Å². The number of nitrogens with two attached hydrogens (primary N) is 1. The highest BCUT2D eigenvalue weighted by Gasteiger charge is 2.54. The topological polar surface area (TPSA) is 91.4 Å². The molecule has 3 rings (SSSR count). The third-order valence-electron chi connectivity index (χ3n) is 4.44. The third kappa shape index (κ3) is 2.63. The summed E-state index contributed by atoms with van der Waals surface area (Å²) < 4.78 is 12.5. The number of hydrogen-bond acceptors (Lipinski definition) is 5. The lowest BCUT2D eigenvalue weighted by Crippen LogP contribution is -2.63. The molecule has 3 N–H and O–H groups in total. The van der Waals surface area contributed by atoms with E-state index in [9.17, 15) is 4.79 Å². The van der Waals surface area contributed by atoms with E-state index in [1.165, 1.54) is 4.68 Å². The van der Waals surface area contributed by atoms with Gasteiger partial charge < -0.3 is 20.5 Å². The number of nitrogens with one attached hydrogen (secondary N) is 1. The van der Waals surface area contributed by atoms with E-state index in [-0.39, 0.29) is 30.5 Å². The molecule has 1 saturated carbocycles. The summed E-state index contributed by atoms with van der Waals surface area (Å²) in [5.41, 5.74) is 6.62. The van der Waals surface area contributed by atoms with Crippen LogP contribution in [0, 0.1) is 18.8 Å². The average molecular weight is 294 g/mol. The number of rotatable bonds is 5. The first kappa shape index (κ1) is 14.3. The quantitative estimate of drug-likeness (QED) is 0.794. The Kier molecular flexibility index (Phi) is 3.86. The second-order valence-electron chi connectivity index (χ2n) is 5.87. The third-order valence-corrected chi connectivity index (χ3v) is 4.44. The zero-order chi connectivity index (χ0) is 15.0. The van der Waals surface area contributed by atoms with Crippen molar-refractivity contribution in [3.8, 4) is 0 Å². The maximum atomic E-state index is 12.2. The van der Waals surface area contributed by atoms with E-state index in [0.29, 0.717) is 18.3 Å². The predicted octanol–water partition coefficient (Wildman–Crippen LogP) is -0.0602. The van der Waals surface area contributed by atoms with Gasteiger partial charge in [-0.1, -0.05) is 0 Å². The molecule has 2 aliphatic rings. The number of carbonyl (C=O) groups excluding carboxylic acids is 1. The first-order valence-electron chi connectivity index (χ1n) is 7.30. The molecule has 1 aliphatic carbocycles. The molecule has 116 valence electrons. The van der Waals surface area contributed by atoms with Gasteiger partial charge in [-0.25, -0.2) is 4.68 Å². The molecule has 1 aliphatic heterocycles. The summed E-state index contributed by atoms with van der Waals surface area (Å²) in [6.07, 6.45) is 1.23. The van der Waals surface area contributed by atoms with Gasteiger partial charge in [0.05, 0.1) is 18.4 Å². The van der Waals surface area contributed by atoms with E-state index in [1.807, 2.05) is 6.92 Å². The summed E-state index contributed by atoms with van der Waals surface area (Å²) in [6, 6.07) is 1.88. The van der Waals surface area contributed by atoms with Crippen LogP contribution >= 0.6 is 0 Å². The van der Waals surface area contributed by atoms with Gasteiger partial charge in [-0.3, -0.25) is 4.79 Å². The first-order chi connectivity index (χ1) is 10.1. The number of methoxy groups -OCH3 is 1. The Balaban J connectivity index is 1.60. The van der Waals surface area contributed by atoms with Crippen molar-refractivity contribution < 1.29 is 14.3 Å². The van der Waals surface area contributed by atoms with Crippen LogP contribution in [-0.4, -0.2) is 48.2 Å². The molecule has 2 heterocycles. The molecule has 0 bridgehead atoms. The van der Waals surface area contributed by atoms with Gasteiger partial charge in [0.1, 0.15) is 12.4 Å². The summed E-state index contributed by atoms with van der Waals surface area (Å²) in [7, 11) is 1.67. The zero-order valence-corrected chi connectivity index (χ0v) is 12.4. The molecule has 0 unspecified atom stereocenters. The van der Waals surface area contributed by atoms with Gasteiger partial charge >= 0.3 is 0 Å². The van der Waals surface area contributed by atoms with E-state index in [0.717, 1.165) is 18.7 Å². The van der Waals surface area contributed by atoms with Crippen molar-refractivity contribution in [2.75, 3.05) is 26.1 Å². The van der Waals surface area contributed by atoms with Crippen LogP contribution in [0.3, 0.4) is 0 Å². The normalized spacial score (nSPS) is 30.8. The molecule has 21 heavy (non-hydrogen) atoms. The van der Waals surface area contributed by atoms with Gasteiger partial charge in [0, 0.05) is 37.7 Å². The molecular formula is C14H22N4O3. The molecule has 0 radical (unpaired) electrons. The van der Waals surface area contributed by atoms with Crippen LogP contribution < -0.4 is 11.1 Å². The van der Waals surface area contributed by atoms with Crippen molar-refractivity contribution >= 4 is 11.7 Å². The molecule has 1 aromatic rings. The Labute approximate surface area is 123 Å². The monoisotopic (exact) mass is 294 g/mol. The lowest BCUT2D eigenvalue weighted by molar-refractivity contribution is -0.130. The molecule has 0 aromatic carbocycles. The number of amides is 1. The molecule has 2 fully saturated rings. The van der Waals surface area contributed by atoms with Gasteiger partial charge in [0.2, 0.25) is 5.91 Å². The minimum absolute atomic E-state index is 0.0683. The molecule has 1 amide bonds. The van der Waals surface area contributed by atoms with Crippen LogP contribution in [0.5, 0.6) is 0 Å².